The molecule has 6 amide bonds. The van der Waals surface area contributed by atoms with E-state index in [0.717, 1.165) is 25.0 Å². The number of ether oxygens (including phenoxy) is 2. The van der Waals surface area contributed by atoms with Crippen LogP contribution in [0.1, 0.15) is 64.4 Å². The number of nitrogens with one attached hydrogen (secondary N) is 3. The van der Waals surface area contributed by atoms with Gasteiger partial charge in [0.05, 0.1) is 13.2 Å². The van der Waals surface area contributed by atoms with Crippen molar-refractivity contribution in [3.8, 4) is 0 Å². The van der Waals surface area contributed by atoms with Crippen molar-refractivity contribution in [3.63, 3.8) is 0 Å². The van der Waals surface area contributed by atoms with Gasteiger partial charge in [0.15, 0.2) is 0 Å². The van der Waals surface area contributed by atoms with E-state index in [2.05, 4.69) is 16.0 Å². The van der Waals surface area contributed by atoms with Gasteiger partial charge in [0, 0.05) is 32.1 Å². The van der Waals surface area contributed by atoms with Crippen LogP contribution in [0.4, 0.5) is 8.78 Å². The molecule has 4 heterocycles. The largest absolute Gasteiger partial charge is 0.461 e. The zero-order valence-corrected chi connectivity index (χ0v) is 30.5. The first kappa shape index (κ1) is 40.3. The Morgan fingerprint density at radius 3 is 2.28 bits per heavy atom. The van der Waals surface area contributed by atoms with E-state index in [1.54, 1.807) is 6.08 Å². The number of benzene rings is 1. The third kappa shape index (κ3) is 9.78. The molecular weight excluding hydrogens is 710 g/mol. The van der Waals surface area contributed by atoms with Crippen LogP contribution in [0.15, 0.2) is 30.4 Å². The second kappa shape index (κ2) is 18.4. The minimum absolute atomic E-state index is 0.0492. The van der Waals surface area contributed by atoms with E-state index in [1.807, 2.05) is 6.92 Å². The summed E-state index contributed by atoms with van der Waals surface area (Å²) in [6, 6.07) is -4.51. The quantitative estimate of drug-likeness (QED) is 0.183. The van der Waals surface area contributed by atoms with Gasteiger partial charge in [-0.2, -0.15) is 0 Å². The monoisotopic (exact) mass is 758 g/mol. The molecule has 4 fully saturated rings. The lowest BCUT2D eigenvalue weighted by Crippen LogP contribution is -2.63. The van der Waals surface area contributed by atoms with Crippen molar-refractivity contribution in [3.05, 3.63) is 47.5 Å². The number of fused-ring (bicyclic) bond motifs is 3. The number of carbonyl (C=O) groups excluding carboxylic acids is 7. The summed E-state index contributed by atoms with van der Waals surface area (Å²) in [7, 11) is 0. The number of carbonyl (C=O) groups is 7. The van der Waals surface area contributed by atoms with E-state index in [1.165, 1.54) is 27.7 Å². The molecule has 1 aromatic carbocycles. The van der Waals surface area contributed by atoms with Gasteiger partial charge in [-0.1, -0.05) is 25.8 Å². The first-order valence-electron chi connectivity index (χ1n) is 18.6. The average molecular weight is 759 g/mol. The van der Waals surface area contributed by atoms with Crippen LogP contribution in [0.5, 0.6) is 0 Å². The molecule has 0 aliphatic carbocycles. The first-order valence-corrected chi connectivity index (χ1v) is 18.6. The molecule has 0 saturated carbocycles. The van der Waals surface area contributed by atoms with Crippen molar-refractivity contribution in [2.75, 3.05) is 39.5 Å². The molecular formula is C37H48F2N6O9. The number of unbranched alkanes of at least 4 members (excludes halogenated alkanes) is 2. The number of esters is 1. The lowest BCUT2D eigenvalue weighted by atomic mass is 10.0. The summed E-state index contributed by atoms with van der Waals surface area (Å²) in [5, 5.41) is 7.77. The highest BCUT2D eigenvalue weighted by Crippen LogP contribution is 2.25. The summed E-state index contributed by atoms with van der Waals surface area (Å²) >= 11 is 0. The molecule has 6 atom stereocenters. The van der Waals surface area contributed by atoms with Gasteiger partial charge >= 0.3 is 5.97 Å². The predicted octanol–water partition coefficient (Wildman–Crippen LogP) is 0.494. The van der Waals surface area contributed by atoms with Crippen LogP contribution < -0.4 is 16.0 Å². The molecule has 0 aromatic heterocycles. The second-order valence-electron chi connectivity index (χ2n) is 14.0. The summed E-state index contributed by atoms with van der Waals surface area (Å²) in [4.78, 5) is 99.7. The normalized spacial score (nSPS) is 26.2. The number of hydrogen-bond acceptors (Lipinski definition) is 9. The fourth-order valence-electron chi connectivity index (χ4n) is 7.27. The molecule has 4 saturated heterocycles. The summed E-state index contributed by atoms with van der Waals surface area (Å²) in [5.41, 5.74) is 0.0492. The van der Waals surface area contributed by atoms with Gasteiger partial charge in [-0.25, -0.2) is 13.6 Å². The Hall–Kier alpha value is -4.93. The topological polar surface area (TPSA) is 184 Å². The lowest BCUT2D eigenvalue weighted by Gasteiger charge is -2.39. The summed E-state index contributed by atoms with van der Waals surface area (Å²) in [6.07, 6.45) is 6.22. The predicted molar refractivity (Wildman–Crippen MR) is 187 cm³/mol. The van der Waals surface area contributed by atoms with E-state index in [4.69, 9.17) is 9.47 Å². The molecule has 0 bridgehead atoms. The van der Waals surface area contributed by atoms with Crippen LogP contribution in [0, 0.1) is 11.6 Å². The van der Waals surface area contributed by atoms with Crippen molar-refractivity contribution in [1.82, 2.24) is 30.7 Å². The fraction of sp³-hybridized carbons (Fsp3) is 0.595. The highest BCUT2D eigenvalue weighted by Gasteiger charge is 2.45. The highest BCUT2D eigenvalue weighted by molar-refractivity contribution is 5.98. The van der Waals surface area contributed by atoms with Crippen LogP contribution in [-0.4, -0.2) is 132 Å². The Morgan fingerprint density at radius 2 is 1.57 bits per heavy atom. The maximum absolute atomic E-state index is 14.3. The van der Waals surface area contributed by atoms with E-state index in [9.17, 15) is 42.3 Å². The molecule has 4 aliphatic rings. The van der Waals surface area contributed by atoms with Crippen LogP contribution in [0.2, 0.25) is 0 Å². The van der Waals surface area contributed by atoms with Crippen molar-refractivity contribution in [2.45, 2.75) is 101 Å². The summed E-state index contributed by atoms with van der Waals surface area (Å²) < 4.78 is 39.4. The molecule has 1 unspecified atom stereocenters. The maximum Gasteiger partial charge on any atom is 0.328 e. The van der Waals surface area contributed by atoms with E-state index in [0.29, 0.717) is 25.3 Å². The van der Waals surface area contributed by atoms with Crippen molar-refractivity contribution in [1.29, 1.82) is 0 Å². The minimum Gasteiger partial charge on any atom is -0.461 e. The lowest BCUT2D eigenvalue weighted by molar-refractivity contribution is -0.160. The van der Waals surface area contributed by atoms with Gasteiger partial charge in [-0.05, 0) is 62.8 Å². The van der Waals surface area contributed by atoms with Gasteiger partial charge in [0.25, 0.3) is 0 Å². The summed E-state index contributed by atoms with van der Waals surface area (Å²) in [5.74, 6) is -6.65. The molecule has 0 radical (unpaired) electrons. The van der Waals surface area contributed by atoms with Gasteiger partial charge in [0.1, 0.15) is 54.5 Å². The molecule has 4 aliphatic heterocycles. The number of cyclic esters (lactones) is 1. The zero-order chi connectivity index (χ0) is 38.9. The molecule has 0 spiro atoms. The highest BCUT2D eigenvalue weighted by atomic mass is 19.1. The number of allylic oxidation sites excluding steroid dienone is 1. The first-order chi connectivity index (χ1) is 25.9. The molecule has 1 aromatic rings. The number of rotatable bonds is 9. The average Bonchev–Trinajstić information content (AvgIpc) is 3.84. The third-order valence-corrected chi connectivity index (χ3v) is 10.1. The van der Waals surface area contributed by atoms with Gasteiger partial charge in [-0.3, -0.25) is 28.8 Å². The standard InChI is InChI=1S/C37H48F2N6O9/c1-3-4-5-6-11-31(46)41-26(18-23-16-24(38)19-25(39)17-23)32(47)42-27-20-54-37(52)29-10-8-13-44(29)34(49)22(2)40-33(48)30-21-53-15-14-45(30)36(51)28-9-7-12-43(28)35(27)50/h6,11,16-17,19,22,26-30H,3-5,7-10,12-15,18,20-21H2,1-2H3,(H,40,48)(H,41,46)(H,42,47)/t22-,26?,27-,28-,29-,30-/m0/s1. The van der Waals surface area contributed by atoms with E-state index < -0.39 is 95.9 Å². The zero-order valence-electron chi connectivity index (χ0n) is 30.5. The summed E-state index contributed by atoms with van der Waals surface area (Å²) in [6.45, 7) is 3.18. The van der Waals surface area contributed by atoms with Gasteiger partial charge in [-0.15, -0.1) is 0 Å². The minimum atomic E-state index is -1.57. The van der Waals surface area contributed by atoms with Crippen LogP contribution in [0.3, 0.4) is 0 Å². The molecule has 15 nitrogen and oxygen atoms in total. The van der Waals surface area contributed by atoms with Crippen molar-refractivity contribution in [2.24, 2.45) is 0 Å². The van der Waals surface area contributed by atoms with Crippen molar-refractivity contribution >= 4 is 41.4 Å². The fourth-order valence-corrected chi connectivity index (χ4v) is 7.27. The molecule has 5 rings (SSSR count). The number of hydrogen-bond donors (Lipinski definition) is 3. The van der Waals surface area contributed by atoms with Gasteiger partial charge < -0.3 is 40.1 Å². The second-order valence-corrected chi connectivity index (χ2v) is 14.0. The van der Waals surface area contributed by atoms with Crippen molar-refractivity contribution < 1.29 is 51.8 Å². The maximum atomic E-state index is 14.3. The molecule has 17 heteroatoms. The van der Waals surface area contributed by atoms with Crippen LogP contribution >= 0.6 is 0 Å². The smallest absolute Gasteiger partial charge is 0.328 e. The Balaban J connectivity index is 1.46. The number of halogens is 2. The Labute approximate surface area is 312 Å². The number of nitrogens with zero attached hydrogens (tertiary/aromatic N) is 3. The Bertz CT molecular complexity index is 1620. The van der Waals surface area contributed by atoms with E-state index in [-0.39, 0.29) is 57.7 Å². The Kier molecular flexibility index (Phi) is 13.7. The SMILES string of the molecule is CCCCC=CC(=O)NC(Cc1cc(F)cc(F)c1)C(=O)N[C@H]1COC(=O)[C@@H]2CCCN2C(=O)[C@H](C)NC(=O)[C@@H]2COCCN2C(=O)[C@@H]2CCCN2C1=O. The van der Waals surface area contributed by atoms with E-state index >= 15 is 0 Å². The molecule has 294 valence electrons. The third-order valence-electron chi connectivity index (χ3n) is 10.1. The molecule has 3 N–H and O–H groups in total. The van der Waals surface area contributed by atoms with Crippen LogP contribution in [0.25, 0.3) is 0 Å². The van der Waals surface area contributed by atoms with Crippen LogP contribution in [-0.2, 0) is 49.5 Å². The Morgan fingerprint density at radius 1 is 0.907 bits per heavy atom. The number of amides is 6. The van der Waals surface area contributed by atoms with Gasteiger partial charge in [0.2, 0.25) is 35.4 Å². The molecule has 54 heavy (non-hydrogen) atoms. The number of morpholine rings is 1.